The Morgan fingerprint density at radius 1 is 0.889 bits per heavy atom. The summed E-state index contributed by atoms with van der Waals surface area (Å²) in [5.41, 5.74) is 2.30. The van der Waals surface area contributed by atoms with E-state index in [9.17, 15) is 0 Å². The number of ether oxygens (including phenoxy) is 1. The summed E-state index contributed by atoms with van der Waals surface area (Å²) >= 11 is 0. The fourth-order valence-corrected chi connectivity index (χ4v) is 7.83. The topological polar surface area (TPSA) is 9.23 Å². The zero-order valence-electron chi connectivity index (χ0n) is 17.2. The number of benzene rings is 1. The molecule has 1 nitrogen and oxygen atoms in total. The molecule has 3 fully saturated rings. The second-order valence-corrected chi connectivity index (χ2v) is 10.5. The molecule has 1 heteroatoms. The Morgan fingerprint density at radius 2 is 1.70 bits per heavy atom. The van der Waals surface area contributed by atoms with Crippen molar-refractivity contribution in [1.82, 2.24) is 0 Å². The minimum atomic E-state index is 0.406. The lowest BCUT2D eigenvalue weighted by atomic mass is 9.46. The van der Waals surface area contributed by atoms with Crippen molar-refractivity contribution in [2.45, 2.75) is 77.9 Å². The first-order valence-electron chi connectivity index (χ1n) is 11.4. The molecule has 146 valence electrons. The van der Waals surface area contributed by atoms with Gasteiger partial charge in [-0.2, -0.15) is 0 Å². The zero-order valence-corrected chi connectivity index (χ0v) is 17.2. The number of allylic oxidation sites excluding steroid dienone is 2. The molecule has 0 saturated heterocycles. The van der Waals surface area contributed by atoms with Crippen LogP contribution in [0.5, 0.6) is 0 Å². The SMILES string of the molecule is C[C@]12CC=CC[C@@H]1CCC1[C@@H]2CC[C@]2(C)[C@@H](OCc3ccccc3)CC[C@@H]12. The fraction of sp³-hybridized carbons (Fsp3) is 0.692. The monoisotopic (exact) mass is 364 g/mol. The quantitative estimate of drug-likeness (QED) is 0.537. The standard InChI is InChI=1S/C26H36O/c1-25-16-7-6-10-20(25)11-12-21-22-13-14-24(26(22,2)17-15-23(21)25)27-18-19-8-4-3-5-9-19/h3-9,20-24H,10-18H2,1-2H3/t20-,21?,22+,23+,24+,25+,26+/m1/s1. The largest absolute Gasteiger partial charge is 0.373 e. The van der Waals surface area contributed by atoms with Gasteiger partial charge in [0.25, 0.3) is 0 Å². The van der Waals surface area contributed by atoms with Gasteiger partial charge in [0, 0.05) is 0 Å². The first-order valence-corrected chi connectivity index (χ1v) is 11.4. The maximum absolute atomic E-state index is 6.56. The highest BCUT2D eigenvalue weighted by Crippen LogP contribution is 2.66. The van der Waals surface area contributed by atoms with Crippen molar-refractivity contribution in [3.05, 3.63) is 48.0 Å². The average Bonchev–Trinajstić information content (AvgIpc) is 3.03. The molecule has 1 aromatic rings. The maximum atomic E-state index is 6.56. The molecule has 0 bridgehead atoms. The van der Waals surface area contributed by atoms with Crippen LogP contribution < -0.4 is 0 Å². The molecule has 0 N–H and O–H groups in total. The van der Waals surface area contributed by atoms with E-state index in [1.54, 1.807) is 0 Å². The average molecular weight is 365 g/mol. The van der Waals surface area contributed by atoms with Crippen molar-refractivity contribution in [3.63, 3.8) is 0 Å². The predicted octanol–water partition coefficient (Wildman–Crippen LogP) is 6.78. The van der Waals surface area contributed by atoms with Crippen LogP contribution in [-0.2, 0) is 11.3 Å². The van der Waals surface area contributed by atoms with Crippen molar-refractivity contribution in [2.75, 3.05) is 0 Å². The van der Waals surface area contributed by atoms with Crippen LogP contribution in [0.25, 0.3) is 0 Å². The molecule has 0 amide bonds. The van der Waals surface area contributed by atoms with Crippen LogP contribution in [0, 0.1) is 34.5 Å². The number of fused-ring (bicyclic) bond motifs is 5. The summed E-state index contributed by atoms with van der Waals surface area (Å²) < 4.78 is 6.56. The van der Waals surface area contributed by atoms with Crippen molar-refractivity contribution in [3.8, 4) is 0 Å². The van der Waals surface area contributed by atoms with Crippen molar-refractivity contribution < 1.29 is 4.74 Å². The van der Waals surface area contributed by atoms with Gasteiger partial charge < -0.3 is 4.74 Å². The van der Waals surface area contributed by atoms with Gasteiger partial charge in [0.05, 0.1) is 12.7 Å². The summed E-state index contributed by atoms with van der Waals surface area (Å²) in [6.45, 7) is 6.00. The third-order valence-electron chi connectivity index (χ3n) is 9.42. The van der Waals surface area contributed by atoms with Crippen LogP contribution in [0.2, 0.25) is 0 Å². The van der Waals surface area contributed by atoms with Crippen LogP contribution >= 0.6 is 0 Å². The van der Waals surface area contributed by atoms with E-state index in [0.29, 0.717) is 16.9 Å². The van der Waals surface area contributed by atoms with Crippen LogP contribution in [0.3, 0.4) is 0 Å². The lowest BCUT2D eigenvalue weighted by Crippen LogP contribution is -2.53. The van der Waals surface area contributed by atoms with Crippen LogP contribution in [0.1, 0.15) is 70.8 Å². The second kappa shape index (κ2) is 6.76. The Hall–Kier alpha value is -1.08. The summed E-state index contributed by atoms with van der Waals surface area (Å²) in [6, 6.07) is 10.7. The van der Waals surface area contributed by atoms with Gasteiger partial charge in [0.1, 0.15) is 0 Å². The van der Waals surface area contributed by atoms with E-state index in [-0.39, 0.29) is 0 Å². The van der Waals surface area contributed by atoms with E-state index in [1.165, 1.54) is 56.9 Å². The Balaban J connectivity index is 1.33. The van der Waals surface area contributed by atoms with Gasteiger partial charge in [0.15, 0.2) is 0 Å². The number of rotatable bonds is 3. The van der Waals surface area contributed by atoms with Crippen molar-refractivity contribution >= 4 is 0 Å². The molecule has 27 heavy (non-hydrogen) atoms. The van der Waals surface area contributed by atoms with Gasteiger partial charge in [-0.3, -0.25) is 0 Å². The van der Waals surface area contributed by atoms with E-state index >= 15 is 0 Å². The Kier molecular flexibility index (Phi) is 4.50. The molecule has 3 saturated carbocycles. The molecule has 7 atom stereocenters. The lowest BCUT2D eigenvalue weighted by molar-refractivity contribution is -0.124. The Morgan fingerprint density at radius 3 is 2.56 bits per heavy atom. The smallest absolute Gasteiger partial charge is 0.0720 e. The summed E-state index contributed by atoms with van der Waals surface area (Å²) in [7, 11) is 0. The van der Waals surface area contributed by atoms with E-state index in [1.807, 2.05) is 0 Å². The molecule has 5 rings (SSSR count). The summed E-state index contributed by atoms with van der Waals surface area (Å²) in [5.74, 6) is 3.73. The zero-order chi connectivity index (χ0) is 18.5. The van der Waals surface area contributed by atoms with Gasteiger partial charge in [0.2, 0.25) is 0 Å². The first-order chi connectivity index (χ1) is 13.1. The molecular formula is C26H36O. The molecule has 1 aromatic carbocycles. The van der Waals surface area contributed by atoms with Gasteiger partial charge >= 0.3 is 0 Å². The highest BCUT2D eigenvalue weighted by Gasteiger charge is 2.59. The lowest BCUT2D eigenvalue weighted by Gasteiger charge is -2.59. The predicted molar refractivity (Wildman–Crippen MR) is 111 cm³/mol. The highest BCUT2D eigenvalue weighted by atomic mass is 16.5. The molecule has 4 aliphatic carbocycles. The second-order valence-electron chi connectivity index (χ2n) is 10.5. The fourth-order valence-electron chi connectivity index (χ4n) is 7.83. The Bertz CT molecular complexity index is 693. The number of hydrogen-bond acceptors (Lipinski definition) is 1. The van der Waals surface area contributed by atoms with Crippen LogP contribution in [0.15, 0.2) is 42.5 Å². The van der Waals surface area contributed by atoms with Crippen LogP contribution in [-0.4, -0.2) is 6.10 Å². The first kappa shape index (κ1) is 18.0. The molecule has 0 aromatic heterocycles. The van der Waals surface area contributed by atoms with E-state index < -0.39 is 0 Å². The minimum absolute atomic E-state index is 0.406. The van der Waals surface area contributed by atoms with Crippen LogP contribution in [0.4, 0.5) is 0 Å². The minimum Gasteiger partial charge on any atom is -0.373 e. The van der Waals surface area contributed by atoms with Gasteiger partial charge in [-0.25, -0.2) is 0 Å². The van der Waals surface area contributed by atoms with Crippen molar-refractivity contribution in [2.24, 2.45) is 34.5 Å². The third-order valence-corrected chi connectivity index (χ3v) is 9.42. The van der Waals surface area contributed by atoms with Gasteiger partial charge in [-0.05, 0) is 91.4 Å². The van der Waals surface area contributed by atoms with Crippen molar-refractivity contribution in [1.29, 1.82) is 0 Å². The molecule has 4 aliphatic rings. The molecule has 0 aliphatic heterocycles. The Labute approximate surface area is 165 Å². The summed E-state index contributed by atoms with van der Waals surface area (Å²) in [4.78, 5) is 0. The van der Waals surface area contributed by atoms with E-state index in [4.69, 9.17) is 4.74 Å². The molecule has 0 radical (unpaired) electrons. The van der Waals surface area contributed by atoms with Gasteiger partial charge in [-0.1, -0.05) is 56.3 Å². The molecule has 0 spiro atoms. The third kappa shape index (κ3) is 2.84. The van der Waals surface area contributed by atoms with Gasteiger partial charge in [-0.15, -0.1) is 0 Å². The highest BCUT2D eigenvalue weighted by molar-refractivity contribution is 5.15. The normalized spacial score (nSPS) is 45.8. The maximum Gasteiger partial charge on any atom is 0.0720 e. The van der Waals surface area contributed by atoms with E-state index in [2.05, 4.69) is 56.3 Å². The summed E-state index contributed by atoms with van der Waals surface area (Å²) in [6.07, 6.45) is 16.5. The molecule has 1 unspecified atom stereocenters. The molecular weight excluding hydrogens is 328 g/mol. The molecule has 0 heterocycles. The summed E-state index contributed by atoms with van der Waals surface area (Å²) in [5, 5.41) is 0. The van der Waals surface area contributed by atoms with E-state index in [0.717, 1.165) is 30.3 Å². The number of hydrogen-bond donors (Lipinski definition) is 0.